The van der Waals surface area contributed by atoms with Gasteiger partial charge in [0.1, 0.15) is 16.9 Å². The number of aliphatic hydroxyl groups is 2. The Labute approximate surface area is 416 Å². The van der Waals surface area contributed by atoms with Crippen molar-refractivity contribution >= 4 is 22.9 Å². The van der Waals surface area contributed by atoms with E-state index in [0.717, 1.165) is 48.8 Å². The van der Waals surface area contributed by atoms with Crippen molar-refractivity contribution in [1.29, 1.82) is 0 Å². The summed E-state index contributed by atoms with van der Waals surface area (Å²) in [6.07, 6.45) is 3.98. The number of methoxy groups -OCH3 is 1. The Bertz CT molecular complexity index is 2880. The molecule has 10 nitrogen and oxygen atoms in total. The van der Waals surface area contributed by atoms with Crippen molar-refractivity contribution in [3.8, 4) is 5.75 Å². The normalized spacial score (nSPS) is 23.6. The maximum Gasteiger partial charge on any atom is 0.339 e. The van der Waals surface area contributed by atoms with Crippen molar-refractivity contribution < 1.29 is 43.2 Å². The maximum atomic E-state index is 15.2. The molecule has 0 spiro atoms. The van der Waals surface area contributed by atoms with Crippen molar-refractivity contribution in [3.63, 3.8) is 0 Å². The van der Waals surface area contributed by atoms with Crippen LogP contribution in [0, 0.1) is 5.92 Å². The van der Waals surface area contributed by atoms with Crippen LogP contribution in [0.1, 0.15) is 134 Å². The van der Waals surface area contributed by atoms with Gasteiger partial charge in [-0.1, -0.05) is 109 Å². The van der Waals surface area contributed by atoms with Gasteiger partial charge in [-0.2, -0.15) is 0 Å². The lowest BCUT2D eigenvalue weighted by Crippen LogP contribution is -2.54. The van der Waals surface area contributed by atoms with Crippen molar-refractivity contribution in [2.45, 2.75) is 120 Å². The van der Waals surface area contributed by atoms with Gasteiger partial charge in [0.2, 0.25) is 0 Å². The predicted octanol–water partition coefficient (Wildman–Crippen LogP) is 11.2. The fraction of sp³-hybridized carbons (Fsp3) is 0.393. The lowest BCUT2D eigenvalue weighted by atomic mass is 9.68. The summed E-state index contributed by atoms with van der Waals surface area (Å²) in [6, 6.07) is 43.4. The molecule has 1 saturated carbocycles. The van der Waals surface area contributed by atoms with E-state index >= 15 is 4.79 Å². The number of benzene rings is 5. The van der Waals surface area contributed by atoms with E-state index in [9.17, 15) is 19.8 Å². The quantitative estimate of drug-likeness (QED) is 0.0653. The zero-order chi connectivity index (χ0) is 49.5. The molecule has 2 N–H and O–H groups in total. The number of carbonyl (C=O) groups is 2. The summed E-state index contributed by atoms with van der Waals surface area (Å²) in [6.45, 7) is 3.31. The molecule has 1 aliphatic carbocycles. The Balaban J connectivity index is 1.14. The molecule has 5 aromatic carbocycles. The first kappa shape index (κ1) is 49.6. The van der Waals surface area contributed by atoms with E-state index < -0.39 is 41.3 Å². The first-order valence-electron chi connectivity index (χ1n) is 25.4. The predicted molar refractivity (Wildman–Crippen MR) is 274 cm³/mol. The summed E-state index contributed by atoms with van der Waals surface area (Å²) in [7, 11) is 1.54. The highest BCUT2D eigenvalue weighted by Gasteiger charge is 2.53. The van der Waals surface area contributed by atoms with Gasteiger partial charge >= 0.3 is 17.6 Å². The van der Waals surface area contributed by atoms with Gasteiger partial charge in [0.05, 0.1) is 18.8 Å². The molecule has 4 heterocycles. The first-order chi connectivity index (χ1) is 34.5. The van der Waals surface area contributed by atoms with Gasteiger partial charge in [-0.25, -0.2) is 9.59 Å². The molecule has 0 radical (unpaired) electrons. The van der Waals surface area contributed by atoms with E-state index in [4.69, 9.17) is 23.4 Å². The first-order valence-corrected chi connectivity index (χ1v) is 25.4. The SMILES string of the molecule is COCC(CCO)c1cc2ccc3c(c2oc1=O)C1OC(=O)CC2CC(c4cccc(Cc5ccccc5)c4)CCC2c2ccc(cc2)CCC(=C(C)CO)C(=O)OC1C(C)(CCCc1ccccc1)O3. The molecule has 10 rings (SSSR count). The highest BCUT2D eigenvalue weighted by atomic mass is 16.6. The molecule has 0 saturated heterocycles. The molecule has 4 aliphatic rings. The second kappa shape index (κ2) is 22.4. The van der Waals surface area contributed by atoms with Gasteiger partial charge in [0.15, 0.2) is 12.2 Å². The number of hydrogen-bond donors (Lipinski definition) is 2. The van der Waals surface area contributed by atoms with Gasteiger partial charge in [0, 0.05) is 42.6 Å². The molecule has 2 bridgehead atoms. The van der Waals surface area contributed by atoms with E-state index in [-0.39, 0.29) is 56.0 Å². The standard InChI is InChI=1S/C61H66O10/c1-39(37-63)50-26-21-41-19-22-44(23-20-41)51-27-24-46(45-18-10-16-43(33-45)32-42-14-8-5-9-15-42)34-49(51)36-54(64)68-57-55-53(28-25-47-35-52(60(66)69-56(47)55)48(29-31-62)38-67-3)71-61(2,58(57)70-59(50)65)30-11-17-40-12-6-4-7-13-40/h4-10,12-16,18-20,22-23,25,28,33,35,46,48-49,51,57-58,62-63H,11,17,21,24,26-27,29-32,34,36-38H2,1-3H3. The van der Waals surface area contributed by atoms with E-state index in [1.54, 1.807) is 26.2 Å². The Morgan fingerprint density at radius 2 is 1.55 bits per heavy atom. The number of carbonyl (C=O) groups excluding carboxylic acids is 2. The van der Waals surface area contributed by atoms with Gasteiger partial charge in [-0.3, -0.25) is 4.79 Å². The largest absolute Gasteiger partial charge is 0.483 e. The van der Waals surface area contributed by atoms with Gasteiger partial charge in [-0.15, -0.1) is 0 Å². The minimum Gasteiger partial charge on any atom is -0.483 e. The fourth-order valence-electron chi connectivity index (χ4n) is 11.5. The molecular formula is C61H66O10. The molecule has 10 heteroatoms. The van der Waals surface area contributed by atoms with Crippen LogP contribution in [0.2, 0.25) is 0 Å². The fourth-order valence-corrected chi connectivity index (χ4v) is 11.5. The molecule has 370 valence electrons. The Morgan fingerprint density at radius 3 is 2.28 bits per heavy atom. The van der Waals surface area contributed by atoms with E-state index in [0.29, 0.717) is 59.1 Å². The molecule has 1 fully saturated rings. The lowest BCUT2D eigenvalue weighted by Gasteiger charge is -2.45. The third-order valence-corrected chi connectivity index (χ3v) is 15.3. The molecule has 71 heavy (non-hydrogen) atoms. The number of ether oxygens (including phenoxy) is 4. The molecule has 3 aliphatic heterocycles. The monoisotopic (exact) mass is 958 g/mol. The van der Waals surface area contributed by atoms with Crippen LogP contribution in [0.25, 0.3) is 11.0 Å². The van der Waals surface area contributed by atoms with Crippen LogP contribution in [0.5, 0.6) is 5.75 Å². The average molecular weight is 959 g/mol. The molecule has 6 aromatic rings. The summed E-state index contributed by atoms with van der Waals surface area (Å²) in [5.41, 5.74) is 6.87. The van der Waals surface area contributed by atoms with Crippen molar-refractivity contribution in [3.05, 3.63) is 193 Å². The number of aryl methyl sites for hydroxylation is 2. The second-order valence-electron chi connectivity index (χ2n) is 20.2. The minimum atomic E-state index is -1.25. The summed E-state index contributed by atoms with van der Waals surface area (Å²) >= 11 is 0. The summed E-state index contributed by atoms with van der Waals surface area (Å²) in [4.78, 5) is 44.1. The molecular weight excluding hydrogens is 893 g/mol. The van der Waals surface area contributed by atoms with Crippen molar-refractivity contribution in [2.75, 3.05) is 26.9 Å². The van der Waals surface area contributed by atoms with Gasteiger partial charge in [0.25, 0.3) is 0 Å². The zero-order valence-corrected chi connectivity index (χ0v) is 41.1. The summed E-state index contributed by atoms with van der Waals surface area (Å²) < 4.78 is 32.3. The number of hydrogen-bond acceptors (Lipinski definition) is 10. The third-order valence-electron chi connectivity index (χ3n) is 15.3. The van der Waals surface area contributed by atoms with Crippen LogP contribution >= 0.6 is 0 Å². The minimum absolute atomic E-state index is 0.0791. The van der Waals surface area contributed by atoms with Crippen LogP contribution in [0.3, 0.4) is 0 Å². The van der Waals surface area contributed by atoms with Crippen LogP contribution < -0.4 is 10.4 Å². The van der Waals surface area contributed by atoms with Crippen LogP contribution in [-0.4, -0.2) is 60.8 Å². The number of esters is 2. The maximum absolute atomic E-state index is 15.2. The Kier molecular flexibility index (Phi) is 15.7. The number of fused-ring (bicyclic) bond motifs is 11. The lowest BCUT2D eigenvalue weighted by molar-refractivity contribution is -0.192. The Hall–Kier alpha value is -6.33. The smallest absolute Gasteiger partial charge is 0.339 e. The molecule has 7 unspecified atom stereocenters. The highest BCUT2D eigenvalue weighted by molar-refractivity contribution is 5.90. The van der Waals surface area contributed by atoms with Crippen molar-refractivity contribution in [1.82, 2.24) is 0 Å². The summed E-state index contributed by atoms with van der Waals surface area (Å²) in [5.74, 6) is -0.983. The van der Waals surface area contributed by atoms with Crippen LogP contribution in [-0.2, 0) is 43.1 Å². The van der Waals surface area contributed by atoms with Crippen molar-refractivity contribution in [2.24, 2.45) is 5.92 Å². The molecule has 0 amide bonds. The third kappa shape index (κ3) is 11.3. The second-order valence-corrected chi connectivity index (χ2v) is 20.2. The van der Waals surface area contributed by atoms with E-state index in [1.165, 1.54) is 16.7 Å². The van der Waals surface area contributed by atoms with Gasteiger partial charge < -0.3 is 33.6 Å². The Morgan fingerprint density at radius 1 is 0.803 bits per heavy atom. The van der Waals surface area contributed by atoms with Gasteiger partial charge in [-0.05, 0) is 153 Å². The topological polar surface area (TPSA) is 142 Å². The molecule has 1 aromatic heterocycles. The number of rotatable bonds is 13. The van der Waals surface area contributed by atoms with E-state index in [1.807, 2.05) is 37.3 Å². The highest BCUT2D eigenvalue weighted by Crippen LogP contribution is 2.51. The van der Waals surface area contributed by atoms with Crippen LogP contribution in [0.4, 0.5) is 0 Å². The molecule has 7 atom stereocenters. The zero-order valence-electron chi connectivity index (χ0n) is 41.1. The average Bonchev–Trinajstić information content (AvgIpc) is 3.37. The summed E-state index contributed by atoms with van der Waals surface area (Å²) in [5, 5.41) is 20.9. The van der Waals surface area contributed by atoms with E-state index in [2.05, 4.69) is 84.9 Å². The number of aliphatic hydroxyl groups excluding tert-OH is 2. The van der Waals surface area contributed by atoms with Crippen LogP contribution in [0.15, 0.2) is 148 Å².